The summed E-state index contributed by atoms with van der Waals surface area (Å²) in [6, 6.07) is 8.86. The molecule has 6 nitrogen and oxygen atoms in total. The van der Waals surface area contributed by atoms with Gasteiger partial charge in [-0.2, -0.15) is 13.2 Å². The predicted octanol–water partition coefficient (Wildman–Crippen LogP) is 3.03. The number of alkyl halides is 3. The van der Waals surface area contributed by atoms with Gasteiger partial charge in [-0.3, -0.25) is 9.59 Å². The largest absolute Gasteiger partial charge is 0.418 e. The highest BCUT2D eigenvalue weighted by molar-refractivity contribution is 6.04. The fraction of sp³-hybridized carbons (Fsp3) is 0.316. The van der Waals surface area contributed by atoms with Crippen molar-refractivity contribution < 1.29 is 22.8 Å². The number of rotatable bonds is 7. The molecular weight excluding hydrogens is 373 g/mol. The van der Waals surface area contributed by atoms with E-state index in [0.29, 0.717) is 6.54 Å². The van der Waals surface area contributed by atoms with E-state index in [0.717, 1.165) is 25.1 Å². The summed E-state index contributed by atoms with van der Waals surface area (Å²) in [5, 5.41) is 4.90. The third-order valence-electron chi connectivity index (χ3n) is 3.76. The minimum absolute atomic E-state index is 0.0154. The minimum Gasteiger partial charge on any atom is -0.351 e. The van der Waals surface area contributed by atoms with Crippen molar-refractivity contribution in [1.82, 2.24) is 15.2 Å². The summed E-state index contributed by atoms with van der Waals surface area (Å²) in [5.41, 5.74) is -1.47. The summed E-state index contributed by atoms with van der Waals surface area (Å²) in [6.07, 6.45) is -3.86. The number of carbonyl (C=O) groups excluding carboxylic acids is 2. The molecule has 2 amide bonds. The van der Waals surface area contributed by atoms with Crippen LogP contribution in [0.4, 0.5) is 18.9 Å². The van der Waals surface area contributed by atoms with Crippen LogP contribution < -0.4 is 10.6 Å². The number of anilines is 1. The number of para-hydroxylation sites is 1. The SMILES string of the molecule is CN(C)CCCNC(=O)c1cccc(C(=O)Nc2ccccc2C(F)(F)F)n1. The second-order valence-electron chi connectivity index (χ2n) is 6.32. The van der Waals surface area contributed by atoms with Crippen molar-refractivity contribution in [2.45, 2.75) is 12.6 Å². The molecule has 0 unspecified atom stereocenters. The van der Waals surface area contributed by atoms with Crippen LogP contribution in [0.25, 0.3) is 0 Å². The molecule has 2 N–H and O–H groups in total. The van der Waals surface area contributed by atoms with E-state index < -0.39 is 23.6 Å². The maximum absolute atomic E-state index is 13.0. The number of carbonyl (C=O) groups is 2. The Kier molecular flexibility index (Phi) is 7.11. The fourth-order valence-corrected chi connectivity index (χ4v) is 2.40. The molecule has 0 atom stereocenters. The lowest BCUT2D eigenvalue weighted by molar-refractivity contribution is -0.136. The van der Waals surface area contributed by atoms with Gasteiger partial charge in [0.05, 0.1) is 11.3 Å². The average molecular weight is 394 g/mol. The summed E-state index contributed by atoms with van der Waals surface area (Å²) < 4.78 is 39.1. The summed E-state index contributed by atoms with van der Waals surface area (Å²) in [4.78, 5) is 30.4. The topological polar surface area (TPSA) is 74.3 Å². The zero-order valence-electron chi connectivity index (χ0n) is 15.5. The molecule has 1 aromatic carbocycles. The van der Waals surface area contributed by atoms with Crippen LogP contribution in [0, 0.1) is 0 Å². The van der Waals surface area contributed by atoms with Gasteiger partial charge >= 0.3 is 6.18 Å². The van der Waals surface area contributed by atoms with Gasteiger partial charge in [-0.05, 0) is 51.3 Å². The van der Waals surface area contributed by atoms with Crippen molar-refractivity contribution in [3.05, 3.63) is 59.4 Å². The van der Waals surface area contributed by atoms with Crippen molar-refractivity contribution in [2.75, 3.05) is 32.5 Å². The molecule has 9 heteroatoms. The number of halogens is 3. The third kappa shape index (κ3) is 6.05. The first-order valence-corrected chi connectivity index (χ1v) is 8.56. The number of hydrogen-bond acceptors (Lipinski definition) is 4. The van der Waals surface area contributed by atoms with Crippen LogP contribution in [-0.4, -0.2) is 48.9 Å². The first kappa shape index (κ1) is 21.4. The summed E-state index contributed by atoms with van der Waals surface area (Å²) >= 11 is 0. The lowest BCUT2D eigenvalue weighted by Crippen LogP contribution is -2.28. The van der Waals surface area contributed by atoms with Crippen LogP contribution in [0.5, 0.6) is 0 Å². The predicted molar refractivity (Wildman–Crippen MR) is 99.1 cm³/mol. The Balaban J connectivity index is 2.08. The molecule has 0 aliphatic carbocycles. The second-order valence-corrected chi connectivity index (χ2v) is 6.32. The number of amides is 2. The van der Waals surface area contributed by atoms with Gasteiger partial charge in [0.25, 0.3) is 11.8 Å². The maximum atomic E-state index is 13.0. The maximum Gasteiger partial charge on any atom is 0.418 e. The number of pyridine rings is 1. The lowest BCUT2D eigenvalue weighted by Gasteiger charge is -2.13. The highest BCUT2D eigenvalue weighted by atomic mass is 19.4. The molecule has 0 bridgehead atoms. The Morgan fingerprint density at radius 2 is 1.64 bits per heavy atom. The van der Waals surface area contributed by atoms with Gasteiger partial charge in [0.2, 0.25) is 0 Å². The average Bonchev–Trinajstić information content (AvgIpc) is 2.64. The molecule has 0 saturated heterocycles. The monoisotopic (exact) mass is 394 g/mol. The fourth-order valence-electron chi connectivity index (χ4n) is 2.40. The van der Waals surface area contributed by atoms with Crippen molar-refractivity contribution in [2.24, 2.45) is 0 Å². The minimum atomic E-state index is -4.61. The van der Waals surface area contributed by atoms with E-state index in [2.05, 4.69) is 15.6 Å². The zero-order valence-corrected chi connectivity index (χ0v) is 15.5. The molecule has 0 fully saturated rings. The van der Waals surface area contributed by atoms with Gasteiger partial charge in [0, 0.05) is 6.54 Å². The van der Waals surface area contributed by atoms with Crippen molar-refractivity contribution >= 4 is 17.5 Å². The Morgan fingerprint density at radius 3 is 2.29 bits per heavy atom. The van der Waals surface area contributed by atoms with E-state index in [1.807, 2.05) is 19.0 Å². The van der Waals surface area contributed by atoms with Gasteiger partial charge in [0.1, 0.15) is 11.4 Å². The van der Waals surface area contributed by atoms with Crippen LogP contribution >= 0.6 is 0 Å². The third-order valence-corrected chi connectivity index (χ3v) is 3.76. The number of aromatic nitrogens is 1. The van der Waals surface area contributed by atoms with Crippen LogP contribution in [0.15, 0.2) is 42.5 Å². The Hall–Kier alpha value is -2.94. The quantitative estimate of drug-likeness (QED) is 0.708. The smallest absolute Gasteiger partial charge is 0.351 e. The molecular formula is C19H21F3N4O2. The van der Waals surface area contributed by atoms with Crippen molar-refractivity contribution in [1.29, 1.82) is 0 Å². The molecule has 2 aromatic rings. The number of nitrogens with one attached hydrogen (secondary N) is 2. The summed E-state index contributed by atoms with van der Waals surface area (Å²) in [7, 11) is 3.84. The Morgan fingerprint density at radius 1 is 1.00 bits per heavy atom. The molecule has 0 saturated carbocycles. The number of hydrogen-bond donors (Lipinski definition) is 2. The second kappa shape index (κ2) is 9.32. The standard InChI is InChI=1S/C19H21F3N4O2/c1-26(2)12-6-11-23-17(27)15-9-5-10-16(24-15)18(28)25-14-8-4-3-7-13(14)19(20,21)22/h3-5,7-10H,6,11-12H2,1-2H3,(H,23,27)(H,25,28). The van der Waals surface area contributed by atoms with E-state index in [4.69, 9.17) is 0 Å². The van der Waals surface area contributed by atoms with E-state index in [9.17, 15) is 22.8 Å². The molecule has 0 spiro atoms. The molecule has 0 aliphatic rings. The molecule has 150 valence electrons. The molecule has 2 rings (SSSR count). The van der Waals surface area contributed by atoms with Gasteiger partial charge in [-0.1, -0.05) is 18.2 Å². The highest BCUT2D eigenvalue weighted by Gasteiger charge is 2.33. The highest BCUT2D eigenvalue weighted by Crippen LogP contribution is 2.34. The first-order valence-electron chi connectivity index (χ1n) is 8.56. The number of nitrogens with zero attached hydrogens (tertiary/aromatic N) is 2. The van der Waals surface area contributed by atoms with E-state index in [1.54, 1.807) is 0 Å². The molecule has 1 heterocycles. The first-order chi connectivity index (χ1) is 13.2. The molecule has 1 aromatic heterocycles. The van der Waals surface area contributed by atoms with Crippen LogP contribution in [0.1, 0.15) is 33.0 Å². The van der Waals surface area contributed by atoms with Gasteiger partial charge in [0.15, 0.2) is 0 Å². The summed E-state index contributed by atoms with van der Waals surface area (Å²) in [5.74, 6) is -1.29. The van der Waals surface area contributed by atoms with E-state index in [1.165, 1.54) is 30.3 Å². The normalized spacial score (nSPS) is 11.4. The van der Waals surface area contributed by atoms with E-state index in [-0.39, 0.29) is 17.1 Å². The van der Waals surface area contributed by atoms with Gasteiger partial charge in [-0.15, -0.1) is 0 Å². The Labute approximate surface area is 160 Å². The lowest BCUT2D eigenvalue weighted by atomic mass is 10.1. The molecule has 28 heavy (non-hydrogen) atoms. The van der Waals surface area contributed by atoms with Gasteiger partial charge in [-0.25, -0.2) is 4.98 Å². The van der Waals surface area contributed by atoms with E-state index >= 15 is 0 Å². The van der Waals surface area contributed by atoms with Crippen LogP contribution in [0.2, 0.25) is 0 Å². The van der Waals surface area contributed by atoms with Crippen LogP contribution in [-0.2, 0) is 6.18 Å². The number of benzene rings is 1. The van der Waals surface area contributed by atoms with Crippen molar-refractivity contribution in [3.8, 4) is 0 Å². The molecule has 0 radical (unpaired) electrons. The molecule has 0 aliphatic heterocycles. The van der Waals surface area contributed by atoms with Gasteiger partial charge < -0.3 is 15.5 Å². The zero-order chi connectivity index (χ0) is 20.7. The summed E-state index contributed by atoms with van der Waals surface area (Å²) in [6.45, 7) is 1.24. The Bertz CT molecular complexity index is 838. The van der Waals surface area contributed by atoms with Crippen LogP contribution in [0.3, 0.4) is 0 Å². The van der Waals surface area contributed by atoms with Crippen molar-refractivity contribution in [3.63, 3.8) is 0 Å².